The highest BCUT2D eigenvalue weighted by molar-refractivity contribution is 7.98. The van der Waals surface area contributed by atoms with Gasteiger partial charge in [-0.2, -0.15) is 13.2 Å². The van der Waals surface area contributed by atoms with Gasteiger partial charge in [0.1, 0.15) is 0 Å². The summed E-state index contributed by atoms with van der Waals surface area (Å²) in [5.74, 6) is 0.278. The lowest BCUT2D eigenvalue weighted by Gasteiger charge is -2.13. The quantitative estimate of drug-likeness (QED) is 0.645. The predicted molar refractivity (Wildman–Crippen MR) is 76.6 cm³/mol. The fraction of sp³-hybridized carbons (Fsp3) is 0.200. The number of aryl methyl sites for hydroxylation is 1. The van der Waals surface area contributed by atoms with Gasteiger partial charge in [0.2, 0.25) is 0 Å². The Morgan fingerprint density at radius 2 is 1.80 bits per heavy atom. The molecule has 0 fully saturated rings. The Kier molecular flexibility index (Phi) is 4.28. The minimum atomic E-state index is -4.31. The molecular weight excluding hydrogens is 283 g/mol. The molecule has 0 aliphatic carbocycles. The first kappa shape index (κ1) is 14.8. The van der Waals surface area contributed by atoms with E-state index in [-0.39, 0.29) is 5.75 Å². The monoisotopic (exact) mass is 297 g/mol. The van der Waals surface area contributed by atoms with Crippen molar-refractivity contribution in [3.8, 4) is 0 Å². The highest BCUT2D eigenvalue weighted by Gasteiger charge is 2.32. The van der Waals surface area contributed by atoms with E-state index in [9.17, 15) is 13.2 Å². The van der Waals surface area contributed by atoms with Gasteiger partial charge in [0, 0.05) is 16.3 Å². The molecule has 0 radical (unpaired) electrons. The van der Waals surface area contributed by atoms with Crippen LogP contribution in [0.15, 0.2) is 47.4 Å². The van der Waals surface area contributed by atoms with Gasteiger partial charge in [0.05, 0.1) is 5.56 Å². The molecule has 5 heteroatoms. The van der Waals surface area contributed by atoms with Gasteiger partial charge in [-0.25, -0.2) is 0 Å². The zero-order valence-corrected chi connectivity index (χ0v) is 11.7. The second-order valence-corrected chi connectivity index (χ2v) is 5.49. The van der Waals surface area contributed by atoms with Crippen LogP contribution in [0.3, 0.4) is 0 Å². The maximum atomic E-state index is 12.9. The van der Waals surface area contributed by atoms with Gasteiger partial charge in [-0.3, -0.25) is 0 Å². The molecule has 0 spiro atoms. The van der Waals surface area contributed by atoms with E-state index in [1.165, 1.54) is 23.9 Å². The van der Waals surface area contributed by atoms with Gasteiger partial charge in [0.25, 0.3) is 0 Å². The molecule has 0 saturated heterocycles. The van der Waals surface area contributed by atoms with E-state index >= 15 is 0 Å². The van der Waals surface area contributed by atoms with Crippen LogP contribution in [-0.4, -0.2) is 0 Å². The summed E-state index contributed by atoms with van der Waals surface area (Å²) in [7, 11) is 0. The van der Waals surface area contributed by atoms with Crippen LogP contribution in [0.5, 0.6) is 0 Å². The Balaban J connectivity index is 2.19. The van der Waals surface area contributed by atoms with Crippen molar-refractivity contribution in [3.63, 3.8) is 0 Å². The third kappa shape index (κ3) is 3.48. The highest BCUT2D eigenvalue weighted by atomic mass is 32.2. The summed E-state index contributed by atoms with van der Waals surface area (Å²) in [5, 5.41) is 0. The Hall–Kier alpha value is -1.62. The maximum Gasteiger partial charge on any atom is 0.416 e. The summed E-state index contributed by atoms with van der Waals surface area (Å²) in [6.45, 7) is 1.90. The van der Waals surface area contributed by atoms with Gasteiger partial charge in [-0.05, 0) is 42.3 Å². The molecule has 0 aliphatic rings. The lowest BCUT2D eigenvalue weighted by molar-refractivity contribution is -0.138. The van der Waals surface area contributed by atoms with Crippen LogP contribution in [0, 0.1) is 6.92 Å². The van der Waals surface area contributed by atoms with Crippen LogP contribution in [0.4, 0.5) is 18.9 Å². The van der Waals surface area contributed by atoms with Crippen molar-refractivity contribution in [1.29, 1.82) is 0 Å². The second kappa shape index (κ2) is 5.79. The number of halogens is 3. The molecule has 0 amide bonds. The van der Waals surface area contributed by atoms with Crippen molar-refractivity contribution in [1.82, 2.24) is 0 Å². The number of rotatable bonds is 3. The van der Waals surface area contributed by atoms with Gasteiger partial charge in [0.15, 0.2) is 0 Å². The maximum absolute atomic E-state index is 12.9. The van der Waals surface area contributed by atoms with E-state index < -0.39 is 11.7 Å². The van der Waals surface area contributed by atoms with Crippen molar-refractivity contribution in [2.24, 2.45) is 0 Å². The molecule has 0 aliphatic heterocycles. The number of anilines is 1. The molecule has 20 heavy (non-hydrogen) atoms. The van der Waals surface area contributed by atoms with Gasteiger partial charge < -0.3 is 5.73 Å². The smallest absolute Gasteiger partial charge is 0.399 e. The van der Waals surface area contributed by atoms with Crippen molar-refractivity contribution in [3.05, 3.63) is 59.2 Å². The Morgan fingerprint density at radius 3 is 2.45 bits per heavy atom. The minimum absolute atomic E-state index is 0.278. The Labute approximate surface area is 120 Å². The average Bonchev–Trinajstić information content (AvgIpc) is 2.37. The summed E-state index contributed by atoms with van der Waals surface area (Å²) in [4.78, 5) is 0.941. The number of hydrogen-bond acceptors (Lipinski definition) is 2. The molecule has 0 unspecified atom stereocenters. The number of nitrogens with two attached hydrogens (primary N) is 1. The van der Waals surface area contributed by atoms with Crippen LogP contribution in [0.25, 0.3) is 0 Å². The molecule has 2 N–H and O–H groups in total. The third-order valence-corrected chi connectivity index (χ3v) is 4.13. The van der Waals surface area contributed by atoms with E-state index in [4.69, 9.17) is 5.73 Å². The average molecular weight is 297 g/mol. The highest BCUT2D eigenvalue weighted by Crippen LogP contribution is 2.35. The van der Waals surface area contributed by atoms with E-state index in [0.29, 0.717) is 11.3 Å². The Bertz CT molecular complexity index is 608. The van der Waals surface area contributed by atoms with Crippen LogP contribution in [-0.2, 0) is 11.9 Å². The zero-order chi connectivity index (χ0) is 14.8. The first-order valence-electron chi connectivity index (χ1n) is 6.02. The van der Waals surface area contributed by atoms with E-state index in [1.54, 1.807) is 12.1 Å². The molecule has 106 valence electrons. The Morgan fingerprint density at radius 1 is 1.10 bits per heavy atom. The molecule has 0 aromatic heterocycles. The molecule has 0 heterocycles. The van der Waals surface area contributed by atoms with Gasteiger partial charge in [-0.15, -0.1) is 11.8 Å². The standard InChI is InChI=1S/C15H14F3NS/c1-10-8-12(19)6-7-14(10)20-9-11-4-2-3-5-13(11)15(16,17)18/h2-8H,9,19H2,1H3. The van der Waals surface area contributed by atoms with Crippen molar-refractivity contribution in [2.45, 2.75) is 23.7 Å². The van der Waals surface area contributed by atoms with E-state index in [0.717, 1.165) is 16.5 Å². The molecule has 2 aromatic rings. The van der Waals surface area contributed by atoms with E-state index in [1.807, 2.05) is 19.1 Å². The third-order valence-electron chi connectivity index (χ3n) is 2.90. The molecule has 0 saturated carbocycles. The second-order valence-electron chi connectivity index (χ2n) is 4.47. The van der Waals surface area contributed by atoms with Gasteiger partial charge in [-0.1, -0.05) is 18.2 Å². The lowest BCUT2D eigenvalue weighted by atomic mass is 10.1. The number of alkyl halides is 3. The van der Waals surface area contributed by atoms with Crippen molar-refractivity contribution >= 4 is 17.4 Å². The molecule has 1 nitrogen and oxygen atoms in total. The summed E-state index contributed by atoms with van der Waals surface area (Å²) in [6.07, 6.45) is -4.31. The minimum Gasteiger partial charge on any atom is -0.399 e. The fourth-order valence-corrected chi connectivity index (χ4v) is 2.93. The normalized spacial score (nSPS) is 11.6. The molecule has 2 rings (SSSR count). The van der Waals surface area contributed by atoms with Crippen LogP contribution >= 0.6 is 11.8 Å². The summed E-state index contributed by atoms with van der Waals surface area (Å²) >= 11 is 1.38. The zero-order valence-electron chi connectivity index (χ0n) is 10.9. The molecule has 0 bridgehead atoms. The number of benzene rings is 2. The van der Waals surface area contributed by atoms with Crippen LogP contribution in [0.1, 0.15) is 16.7 Å². The first-order chi connectivity index (χ1) is 9.38. The van der Waals surface area contributed by atoms with Gasteiger partial charge >= 0.3 is 6.18 Å². The SMILES string of the molecule is Cc1cc(N)ccc1SCc1ccccc1C(F)(F)F. The summed E-state index contributed by atoms with van der Waals surface area (Å²) in [6, 6.07) is 11.1. The van der Waals surface area contributed by atoms with Crippen LogP contribution < -0.4 is 5.73 Å². The predicted octanol–water partition coefficient (Wildman–Crippen LogP) is 4.89. The van der Waals surface area contributed by atoms with Crippen molar-refractivity contribution in [2.75, 3.05) is 5.73 Å². The fourth-order valence-electron chi connectivity index (χ4n) is 1.91. The summed E-state index contributed by atoms with van der Waals surface area (Å²) in [5.41, 5.74) is 7.01. The topological polar surface area (TPSA) is 26.0 Å². The molecular formula is C15H14F3NS. The lowest BCUT2D eigenvalue weighted by Crippen LogP contribution is -2.08. The molecule has 2 aromatic carbocycles. The number of nitrogen functional groups attached to an aromatic ring is 1. The first-order valence-corrected chi connectivity index (χ1v) is 7.00. The number of hydrogen-bond donors (Lipinski definition) is 1. The largest absolute Gasteiger partial charge is 0.416 e. The van der Waals surface area contributed by atoms with E-state index in [2.05, 4.69) is 0 Å². The van der Waals surface area contributed by atoms with Crippen LogP contribution in [0.2, 0.25) is 0 Å². The number of thioether (sulfide) groups is 1. The summed E-state index contributed by atoms with van der Waals surface area (Å²) < 4.78 is 38.6. The van der Waals surface area contributed by atoms with Crippen molar-refractivity contribution < 1.29 is 13.2 Å². The molecule has 0 atom stereocenters.